The number of nitrogens with one attached hydrogen (secondary N) is 1. The Hall–Kier alpha value is -1.51. The van der Waals surface area contributed by atoms with Crippen molar-refractivity contribution in [3.63, 3.8) is 0 Å². The number of nitrogens with zero attached hydrogens (tertiary/aromatic N) is 2. The van der Waals surface area contributed by atoms with Gasteiger partial charge in [0.1, 0.15) is 25.6 Å². The molecule has 9 nitrogen and oxygen atoms in total. The van der Waals surface area contributed by atoms with Crippen molar-refractivity contribution in [3.05, 3.63) is 28.4 Å². The van der Waals surface area contributed by atoms with E-state index in [9.17, 15) is 14.3 Å². The number of H-pyrrole nitrogens is 1. The van der Waals surface area contributed by atoms with Crippen molar-refractivity contribution in [2.24, 2.45) is 0 Å². The third-order valence-corrected chi connectivity index (χ3v) is 4.55. The first-order valence-corrected chi connectivity index (χ1v) is 9.45. The van der Waals surface area contributed by atoms with E-state index in [-0.39, 0.29) is 12.7 Å². The van der Waals surface area contributed by atoms with E-state index in [1.54, 1.807) is 6.20 Å². The quantitative estimate of drug-likeness (QED) is 0.777. The van der Waals surface area contributed by atoms with Crippen LogP contribution in [0.2, 0.25) is 0 Å². The summed E-state index contributed by atoms with van der Waals surface area (Å²) < 4.78 is 28.5. The molecule has 1 aliphatic heterocycles. The third kappa shape index (κ3) is 3.60. The van der Waals surface area contributed by atoms with Crippen LogP contribution in [0.3, 0.4) is 0 Å². The molecule has 0 radical (unpaired) electrons. The van der Waals surface area contributed by atoms with Crippen molar-refractivity contribution < 1.29 is 23.5 Å². The van der Waals surface area contributed by atoms with Crippen LogP contribution in [0.1, 0.15) is 18.3 Å². The molecule has 3 rings (SSSR count). The SMILES string of the molecule is COC1C[C@H](n2cc3cc(C)[nH]c3nc2=O)O[C@@H]1COP(C)(=O)[O-]. The van der Waals surface area contributed by atoms with Crippen LogP contribution in [0, 0.1) is 6.92 Å². The van der Waals surface area contributed by atoms with Crippen LogP contribution >= 0.6 is 7.60 Å². The number of aromatic amines is 1. The van der Waals surface area contributed by atoms with Gasteiger partial charge in [0.15, 0.2) is 0 Å². The van der Waals surface area contributed by atoms with E-state index < -0.39 is 25.6 Å². The molecule has 0 bridgehead atoms. The van der Waals surface area contributed by atoms with Crippen molar-refractivity contribution in [2.45, 2.75) is 31.8 Å². The molecule has 2 aromatic rings. The summed E-state index contributed by atoms with van der Waals surface area (Å²) >= 11 is 0. The molecule has 132 valence electrons. The standard InChI is InChI=1S/C14H20N3O6P/c1-8-4-9-6-17(14(18)16-13(9)15-8)12-5-10(21-2)11(23-12)7-22-24(3,19)20/h4,6,10-12H,5,7H2,1-3H3,(H,19,20)(H,15,16,18)/p-1/t10?,11-,12-/m1/s1. The molecular formula is C14H19N3O6P-. The number of hydrogen-bond donors (Lipinski definition) is 1. The number of ether oxygens (including phenoxy) is 2. The second-order valence-corrected chi connectivity index (χ2v) is 7.69. The minimum Gasteiger partial charge on any atom is -0.779 e. The van der Waals surface area contributed by atoms with Crippen molar-refractivity contribution in [3.8, 4) is 0 Å². The minimum absolute atomic E-state index is 0.153. The molecule has 2 unspecified atom stereocenters. The topological polar surface area (TPSA) is 118 Å². The van der Waals surface area contributed by atoms with Gasteiger partial charge in [-0.15, -0.1) is 0 Å². The minimum atomic E-state index is -3.86. The van der Waals surface area contributed by atoms with Crippen molar-refractivity contribution in [2.75, 3.05) is 20.4 Å². The lowest BCUT2D eigenvalue weighted by Gasteiger charge is -2.23. The number of hydrogen-bond acceptors (Lipinski definition) is 7. The van der Waals surface area contributed by atoms with Gasteiger partial charge < -0.3 is 28.4 Å². The fourth-order valence-electron chi connectivity index (χ4n) is 2.83. The summed E-state index contributed by atoms with van der Waals surface area (Å²) in [5.74, 6) is 0. The molecule has 1 saturated heterocycles. The molecule has 4 atom stereocenters. The fraction of sp³-hybridized carbons (Fsp3) is 0.571. The van der Waals surface area contributed by atoms with Crippen LogP contribution in [0.5, 0.6) is 0 Å². The lowest BCUT2D eigenvalue weighted by molar-refractivity contribution is -0.200. The Labute approximate surface area is 138 Å². The molecular weight excluding hydrogens is 337 g/mol. The average molecular weight is 356 g/mol. The smallest absolute Gasteiger partial charge is 0.351 e. The van der Waals surface area contributed by atoms with Gasteiger partial charge in [-0.25, -0.2) is 4.79 Å². The summed E-state index contributed by atoms with van der Waals surface area (Å²) in [6, 6.07) is 1.88. The van der Waals surface area contributed by atoms with E-state index in [4.69, 9.17) is 14.0 Å². The summed E-state index contributed by atoms with van der Waals surface area (Å²) in [5, 5.41) is 0.794. The zero-order valence-corrected chi connectivity index (χ0v) is 14.5. The van der Waals surface area contributed by atoms with E-state index in [1.165, 1.54) is 11.7 Å². The Balaban J connectivity index is 1.83. The van der Waals surface area contributed by atoms with Gasteiger partial charge in [0, 0.05) is 37.5 Å². The second-order valence-electron chi connectivity index (χ2n) is 5.89. The van der Waals surface area contributed by atoms with Gasteiger partial charge in [-0.05, 0) is 13.0 Å². The van der Waals surface area contributed by atoms with Gasteiger partial charge in [-0.2, -0.15) is 4.98 Å². The Morgan fingerprint density at radius 1 is 1.58 bits per heavy atom. The molecule has 10 heteroatoms. The van der Waals surface area contributed by atoms with Gasteiger partial charge in [-0.1, -0.05) is 0 Å². The molecule has 0 aliphatic carbocycles. The second kappa shape index (κ2) is 6.42. The van der Waals surface area contributed by atoms with Crippen molar-refractivity contribution in [1.29, 1.82) is 0 Å². The van der Waals surface area contributed by atoms with Gasteiger partial charge in [0.2, 0.25) is 0 Å². The van der Waals surface area contributed by atoms with Gasteiger partial charge >= 0.3 is 5.69 Å². The maximum atomic E-state index is 12.2. The largest absolute Gasteiger partial charge is 0.779 e. The van der Waals surface area contributed by atoms with Crippen LogP contribution in [0.4, 0.5) is 0 Å². The highest BCUT2D eigenvalue weighted by Gasteiger charge is 2.37. The zero-order chi connectivity index (χ0) is 17.5. The van der Waals surface area contributed by atoms with Gasteiger partial charge in [0.05, 0.1) is 12.7 Å². The maximum absolute atomic E-state index is 12.2. The van der Waals surface area contributed by atoms with E-state index in [0.29, 0.717) is 12.1 Å². The van der Waals surface area contributed by atoms with Crippen LogP contribution in [-0.4, -0.2) is 47.1 Å². The van der Waals surface area contributed by atoms with Crippen LogP contribution in [0.25, 0.3) is 11.0 Å². The molecule has 0 amide bonds. The summed E-state index contributed by atoms with van der Waals surface area (Å²) in [6.45, 7) is 2.72. The number of methoxy groups -OCH3 is 1. The fourth-order valence-corrected chi connectivity index (χ4v) is 3.25. The summed E-state index contributed by atoms with van der Waals surface area (Å²) in [5.41, 5.74) is 0.973. The zero-order valence-electron chi connectivity index (χ0n) is 13.6. The van der Waals surface area contributed by atoms with E-state index in [2.05, 4.69) is 9.97 Å². The molecule has 2 aromatic heterocycles. The molecule has 3 heterocycles. The lowest BCUT2D eigenvalue weighted by Crippen LogP contribution is -2.29. The van der Waals surface area contributed by atoms with Gasteiger partial charge in [0.25, 0.3) is 0 Å². The molecule has 24 heavy (non-hydrogen) atoms. The lowest BCUT2D eigenvalue weighted by atomic mass is 10.2. The maximum Gasteiger partial charge on any atom is 0.351 e. The van der Waals surface area contributed by atoms with E-state index in [0.717, 1.165) is 17.7 Å². The summed E-state index contributed by atoms with van der Waals surface area (Å²) in [7, 11) is -2.35. The predicted octanol–water partition coefficient (Wildman–Crippen LogP) is 0.535. The van der Waals surface area contributed by atoms with E-state index >= 15 is 0 Å². The molecule has 1 fully saturated rings. The highest BCUT2D eigenvalue weighted by molar-refractivity contribution is 7.50. The molecule has 0 saturated carbocycles. The molecule has 0 spiro atoms. The number of aryl methyl sites for hydroxylation is 1. The molecule has 1 aliphatic rings. The first-order valence-electron chi connectivity index (χ1n) is 7.46. The Kier molecular flexibility index (Phi) is 4.63. The van der Waals surface area contributed by atoms with Crippen LogP contribution in [-0.2, 0) is 18.6 Å². The first-order chi connectivity index (χ1) is 11.3. The average Bonchev–Trinajstić information content (AvgIpc) is 3.05. The van der Waals surface area contributed by atoms with Crippen molar-refractivity contribution in [1.82, 2.24) is 14.5 Å². The van der Waals surface area contributed by atoms with Crippen molar-refractivity contribution >= 4 is 18.6 Å². The highest BCUT2D eigenvalue weighted by Crippen LogP contribution is 2.35. The monoisotopic (exact) mass is 356 g/mol. The number of aromatic nitrogens is 3. The Morgan fingerprint density at radius 3 is 3.00 bits per heavy atom. The normalized spacial score (nSPS) is 26.8. The molecule has 1 N–H and O–H groups in total. The predicted molar refractivity (Wildman–Crippen MR) is 83.9 cm³/mol. The first kappa shape index (κ1) is 17.3. The van der Waals surface area contributed by atoms with Crippen LogP contribution < -0.4 is 10.6 Å². The number of rotatable bonds is 5. The third-order valence-electron chi connectivity index (χ3n) is 3.93. The van der Waals surface area contributed by atoms with Crippen LogP contribution in [0.15, 0.2) is 17.1 Å². The summed E-state index contributed by atoms with van der Waals surface area (Å²) in [4.78, 5) is 30.4. The number of fused-ring (bicyclic) bond motifs is 1. The van der Waals surface area contributed by atoms with E-state index in [1.807, 2.05) is 13.0 Å². The summed E-state index contributed by atoms with van der Waals surface area (Å²) in [6.07, 6.45) is 0.516. The Bertz CT molecular complexity index is 841. The molecule has 0 aromatic carbocycles. The Morgan fingerprint density at radius 2 is 2.33 bits per heavy atom. The highest BCUT2D eigenvalue weighted by atomic mass is 31.2. The van der Waals surface area contributed by atoms with Gasteiger partial charge in [-0.3, -0.25) is 4.57 Å².